The predicted molar refractivity (Wildman–Crippen MR) is 85.7 cm³/mol. The molecule has 2 amide bonds. The number of benzene rings is 1. The summed E-state index contributed by atoms with van der Waals surface area (Å²) in [6.07, 6.45) is 4.90. The fraction of sp³-hybridized carbons (Fsp3) is 0.562. The van der Waals surface area contributed by atoms with Gasteiger partial charge >= 0.3 is 6.03 Å². The van der Waals surface area contributed by atoms with E-state index in [9.17, 15) is 13.2 Å². The van der Waals surface area contributed by atoms with Crippen molar-refractivity contribution in [2.75, 3.05) is 24.7 Å². The second-order valence-electron chi connectivity index (χ2n) is 6.54. The topological polar surface area (TPSA) is 66.5 Å². The average Bonchev–Trinajstić information content (AvgIpc) is 3.00. The Labute approximate surface area is 131 Å². The summed E-state index contributed by atoms with van der Waals surface area (Å²) in [5.41, 5.74) is 1.23. The van der Waals surface area contributed by atoms with Crippen LogP contribution in [0.15, 0.2) is 23.1 Å². The van der Waals surface area contributed by atoms with Crippen LogP contribution in [0.3, 0.4) is 0 Å². The lowest BCUT2D eigenvalue weighted by Gasteiger charge is -2.18. The van der Waals surface area contributed by atoms with Gasteiger partial charge in [0.15, 0.2) is 9.84 Å². The first-order chi connectivity index (χ1) is 10.3. The van der Waals surface area contributed by atoms with Crippen LogP contribution in [0.4, 0.5) is 10.5 Å². The molecule has 1 heterocycles. The number of nitrogens with zero attached hydrogens (tertiary/aromatic N) is 1. The molecule has 0 aromatic heterocycles. The summed E-state index contributed by atoms with van der Waals surface area (Å²) in [5, 5.41) is 2.84. The molecule has 120 valence electrons. The highest BCUT2D eigenvalue weighted by Gasteiger charge is 2.38. The number of anilines is 1. The molecule has 1 aliphatic heterocycles. The van der Waals surface area contributed by atoms with Crippen molar-refractivity contribution >= 4 is 21.6 Å². The van der Waals surface area contributed by atoms with Gasteiger partial charge in [-0.25, -0.2) is 13.2 Å². The van der Waals surface area contributed by atoms with Gasteiger partial charge in [-0.1, -0.05) is 12.5 Å². The molecule has 1 aliphatic carbocycles. The molecule has 1 saturated carbocycles. The minimum Gasteiger partial charge on any atom is -0.324 e. The smallest absolute Gasteiger partial charge is 0.321 e. The van der Waals surface area contributed by atoms with Gasteiger partial charge in [0, 0.05) is 25.0 Å². The van der Waals surface area contributed by atoms with Crippen molar-refractivity contribution < 1.29 is 13.2 Å². The van der Waals surface area contributed by atoms with Gasteiger partial charge in [0.2, 0.25) is 0 Å². The minimum atomic E-state index is -3.29. The largest absolute Gasteiger partial charge is 0.324 e. The van der Waals surface area contributed by atoms with E-state index >= 15 is 0 Å². The summed E-state index contributed by atoms with van der Waals surface area (Å²) in [7, 11) is -3.29. The number of urea groups is 1. The molecule has 1 aromatic rings. The molecule has 22 heavy (non-hydrogen) atoms. The molecule has 1 saturated heterocycles. The van der Waals surface area contributed by atoms with Crippen LogP contribution in [0, 0.1) is 18.8 Å². The van der Waals surface area contributed by atoms with E-state index in [-0.39, 0.29) is 10.9 Å². The van der Waals surface area contributed by atoms with Crippen LogP contribution in [-0.2, 0) is 9.84 Å². The molecule has 0 spiro atoms. The summed E-state index contributed by atoms with van der Waals surface area (Å²) in [6, 6.07) is 4.89. The number of aryl methyl sites for hydroxylation is 1. The van der Waals surface area contributed by atoms with Crippen LogP contribution >= 0.6 is 0 Å². The lowest BCUT2D eigenvalue weighted by atomic mass is 10.0. The van der Waals surface area contributed by atoms with Crippen LogP contribution in [0.5, 0.6) is 0 Å². The van der Waals surface area contributed by atoms with Crippen molar-refractivity contribution in [2.45, 2.75) is 31.1 Å². The number of carbonyl (C=O) groups is 1. The van der Waals surface area contributed by atoms with E-state index in [2.05, 4.69) is 5.32 Å². The van der Waals surface area contributed by atoms with Crippen LogP contribution in [0.25, 0.3) is 0 Å². The normalized spacial score (nSPS) is 24.4. The average molecular weight is 322 g/mol. The summed E-state index contributed by atoms with van der Waals surface area (Å²) < 4.78 is 23.5. The zero-order valence-electron chi connectivity index (χ0n) is 13.0. The molecule has 6 heteroatoms. The Morgan fingerprint density at radius 1 is 1.23 bits per heavy atom. The van der Waals surface area contributed by atoms with Crippen molar-refractivity contribution in [1.82, 2.24) is 4.90 Å². The van der Waals surface area contributed by atoms with Gasteiger partial charge in [-0.3, -0.25) is 0 Å². The number of likely N-dealkylation sites (tertiary alicyclic amines) is 1. The predicted octanol–water partition coefficient (Wildman–Crippen LogP) is 2.66. The molecular formula is C16H22N2O3S. The van der Waals surface area contributed by atoms with Crippen LogP contribution in [0.2, 0.25) is 0 Å². The van der Waals surface area contributed by atoms with E-state index in [1.165, 1.54) is 25.5 Å². The molecule has 2 atom stereocenters. The molecule has 1 aromatic carbocycles. The van der Waals surface area contributed by atoms with Crippen LogP contribution < -0.4 is 5.32 Å². The summed E-state index contributed by atoms with van der Waals surface area (Å²) >= 11 is 0. The van der Waals surface area contributed by atoms with Gasteiger partial charge in [0.1, 0.15) is 0 Å². The third kappa shape index (κ3) is 2.97. The van der Waals surface area contributed by atoms with E-state index < -0.39 is 9.84 Å². The van der Waals surface area contributed by atoms with Crippen molar-refractivity contribution in [2.24, 2.45) is 11.8 Å². The fourth-order valence-electron chi connectivity index (χ4n) is 3.68. The Kier molecular flexibility index (Phi) is 3.89. The highest BCUT2D eigenvalue weighted by Crippen LogP contribution is 2.37. The second-order valence-corrected chi connectivity index (χ2v) is 8.52. The number of fused-ring (bicyclic) bond motifs is 1. The first kappa shape index (κ1) is 15.3. The van der Waals surface area contributed by atoms with Crippen molar-refractivity contribution in [3.05, 3.63) is 23.8 Å². The number of carbonyl (C=O) groups excluding carboxylic acids is 1. The molecule has 5 nitrogen and oxygen atoms in total. The van der Waals surface area contributed by atoms with Gasteiger partial charge in [-0.05, 0) is 49.3 Å². The first-order valence-corrected chi connectivity index (χ1v) is 9.60. The molecule has 2 fully saturated rings. The summed E-state index contributed by atoms with van der Waals surface area (Å²) in [6.45, 7) is 3.40. The number of nitrogens with one attached hydrogen (secondary N) is 1. The van der Waals surface area contributed by atoms with Gasteiger partial charge in [-0.15, -0.1) is 0 Å². The Bertz CT molecular complexity index is 687. The van der Waals surface area contributed by atoms with Crippen molar-refractivity contribution in [3.8, 4) is 0 Å². The minimum absolute atomic E-state index is 0.127. The van der Waals surface area contributed by atoms with Crippen LogP contribution in [-0.4, -0.2) is 38.7 Å². The monoisotopic (exact) mass is 322 g/mol. The molecule has 0 bridgehead atoms. The lowest BCUT2D eigenvalue weighted by molar-refractivity contribution is 0.219. The van der Waals surface area contributed by atoms with E-state index in [0.717, 1.165) is 13.1 Å². The van der Waals surface area contributed by atoms with E-state index in [1.54, 1.807) is 25.1 Å². The number of hydrogen-bond acceptors (Lipinski definition) is 3. The maximum atomic E-state index is 12.4. The lowest BCUT2D eigenvalue weighted by Crippen LogP contribution is -2.33. The molecule has 3 rings (SSSR count). The van der Waals surface area contributed by atoms with Crippen molar-refractivity contribution in [1.29, 1.82) is 0 Å². The summed E-state index contributed by atoms with van der Waals surface area (Å²) in [4.78, 5) is 14.5. The molecule has 1 N–H and O–H groups in total. The number of hydrogen-bond donors (Lipinski definition) is 1. The van der Waals surface area contributed by atoms with E-state index in [4.69, 9.17) is 0 Å². The Morgan fingerprint density at radius 3 is 2.45 bits per heavy atom. The Balaban J connectivity index is 1.72. The number of sulfone groups is 1. The first-order valence-electron chi connectivity index (χ1n) is 7.71. The van der Waals surface area contributed by atoms with E-state index in [0.29, 0.717) is 23.1 Å². The van der Waals surface area contributed by atoms with Gasteiger partial charge in [0.05, 0.1) is 4.90 Å². The second kappa shape index (κ2) is 5.57. The fourth-order valence-corrected chi connectivity index (χ4v) is 4.67. The van der Waals surface area contributed by atoms with E-state index in [1.807, 2.05) is 4.90 Å². The van der Waals surface area contributed by atoms with Gasteiger partial charge in [-0.2, -0.15) is 0 Å². The van der Waals surface area contributed by atoms with Gasteiger partial charge in [0.25, 0.3) is 0 Å². The third-order valence-corrected chi connectivity index (χ3v) is 6.09. The zero-order valence-corrected chi connectivity index (χ0v) is 13.8. The Morgan fingerprint density at radius 2 is 1.86 bits per heavy atom. The Hall–Kier alpha value is -1.56. The van der Waals surface area contributed by atoms with Crippen molar-refractivity contribution in [3.63, 3.8) is 0 Å². The molecule has 0 radical (unpaired) electrons. The molecular weight excluding hydrogens is 300 g/mol. The highest BCUT2D eigenvalue weighted by atomic mass is 32.2. The third-order valence-electron chi connectivity index (χ3n) is 4.85. The molecule has 0 unspecified atom stereocenters. The van der Waals surface area contributed by atoms with Gasteiger partial charge < -0.3 is 10.2 Å². The summed E-state index contributed by atoms with van der Waals surface area (Å²) in [5.74, 6) is 1.30. The standard InChI is InChI=1S/C16H22N2O3S/c1-11-6-7-14(8-15(11)22(2,20)21)17-16(19)18-9-12-4-3-5-13(12)10-18/h6-8,12-13H,3-5,9-10H2,1-2H3,(H,17,19)/t12-,13-/m1/s1. The number of rotatable bonds is 2. The van der Waals surface area contributed by atoms with Crippen LogP contribution in [0.1, 0.15) is 24.8 Å². The number of amides is 2. The maximum Gasteiger partial charge on any atom is 0.321 e. The highest BCUT2D eigenvalue weighted by molar-refractivity contribution is 7.90. The maximum absolute atomic E-state index is 12.4. The SMILES string of the molecule is Cc1ccc(NC(=O)N2C[C@H]3CCC[C@@H]3C2)cc1S(C)(=O)=O. The quantitative estimate of drug-likeness (QED) is 0.910. The zero-order chi connectivity index (χ0) is 15.9. The molecule has 2 aliphatic rings.